The minimum Gasteiger partial charge on any atom is -0.371 e. The summed E-state index contributed by atoms with van der Waals surface area (Å²) < 4.78 is 8.60. The van der Waals surface area contributed by atoms with Crippen LogP contribution in [0.25, 0.3) is 16.2 Å². The first-order chi connectivity index (χ1) is 9.79. The van der Waals surface area contributed by atoms with Crippen molar-refractivity contribution in [2.45, 2.75) is 18.9 Å². The Balaban J connectivity index is 1.69. The highest BCUT2D eigenvalue weighted by Gasteiger charge is 2.22. The Bertz CT molecular complexity index is 712. The van der Waals surface area contributed by atoms with Crippen LogP contribution in [-0.2, 0) is 4.74 Å². The highest BCUT2D eigenvalue weighted by atomic mass is 79.9. The third kappa shape index (κ3) is 2.17. The quantitative estimate of drug-likeness (QED) is 0.699. The number of nitrogens with zero attached hydrogens (tertiary/aromatic N) is 3. The first-order valence-electron chi connectivity index (χ1n) is 6.53. The fourth-order valence-electron chi connectivity index (χ4n) is 2.38. The molecule has 0 bridgehead atoms. The lowest BCUT2D eigenvalue weighted by molar-refractivity contribution is 0.111. The number of halogens is 1. The predicted octanol–water partition coefficient (Wildman–Crippen LogP) is 4.07. The molecule has 0 amide bonds. The molecule has 4 rings (SSSR count). The van der Waals surface area contributed by atoms with Gasteiger partial charge in [-0.1, -0.05) is 39.4 Å². The van der Waals surface area contributed by atoms with Gasteiger partial charge in [0.2, 0.25) is 4.96 Å². The van der Waals surface area contributed by atoms with Crippen molar-refractivity contribution >= 4 is 32.2 Å². The molecule has 0 N–H and O–H groups in total. The third-order valence-electron chi connectivity index (χ3n) is 3.40. The largest absolute Gasteiger partial charge is 0.371 e. The van der Waals surface area contributed by atoms with Gasteiger partial charge in [0.1, 0.15) is 11.1 Å². The van der Waals surface area contributed by atoms with E-state index in [0.717, 1.165) is 45.1 Å². The van der Waals surface area contributed by atoms with Gasteiger partial charge in [-0.15, -0.1) is 0 Å². The van der Waals surface area contributed by atoms with Gasteiger partial charge in [0, 0.05) is 16.6 Å². The number of ether oxygens (including phenoxy) is 1. The molecule has 0 radical (unpaired) electrons. The smallest absolute Gasteiger partial charge is 0.212 e. The number of imidazole rings is 1. The molecule has 6 heteroatoms. The summed E-state index contributed by atoms with van der Waals surface area (Å²) in [7, 11) is 0. The van der Waals surface area contributed by atoms with Crippen molar-refractivity contribution < 1.29 is 4.74 Å². The average Bonchev–Trinajstić information content (AvgIpc) is 3.14. The summed E-state index contributed by atoms with van der Waals surface area (Å²) in [6.45, 7) is 0.844. The second kappa shape index (κ2) is 4.95. The van der Waals surface area contributed by atoms with Gasteiger partial charge in [-0.2, -0.15) is 5.10 Å². The van der Waals surface area contributed by atoms with E-state index in [-0.39, 0.29) is 6.10 Å². The molecule has 2 aromatic heterocycles. The Labute approximate surface area is 128 Å². The van der Waals surface area contributed by atoms with E-state index < -0.39 is 0 Å². The van der Waals surface area contributed by atoms with E-state index in [2.05, 4.69) is 38.1 Å². The zero-order valence-corrected chi connectivity index (χ0v) is 13.0. The maximum atomic E-state index is 5.67. The normalized spacial score (nSPS) is 18.9. The zero-order valence-electron chi connectivity index (χ0n) is 10.6. The molecular formula is C14H12BrN3OS. The lowest BCUT2D eigenvalue weighted by Crippen LogP contribution is -1.95. The number of aromatic nitrogens is 3. The van der Waals surface area contributed by atoms with E-state index in [9.17, 15) is 0 Å². The zero-order chi connectivity index (χ0) is 13.5. The Kier molecular flexibility index (Phi) is 3.09. The Hall–Kier alpha value is -1.24. The van der Waals surface area contributed by atoms with Gasteiger partial charge in [-0.3, -0.25) is 0 Å². The van der Waals surface area contributed by atoms with Crippen molar-refractivity contribution in [2.75, 3.05) is 6.61 Å². The monoisotopic (exact) mass is 349 g/mol. The van der Waals surface area contributed by atoms with Crippen LogP contribution in [0.5, 0.6) is 0 Å². The molecule has 3 aromatic rings. The molecule has 3 heterocycles. The van der Waals surface area contributed by atoms with Crippen LogP contribution in [0.1, 0.15) is 24.0 Å². The van der Waals surface area contributed by atoms with Crippen molar-refractivity contribution in [3.8, 4) is 11.3 Å². The highest BCUT2D eigenvalue weighted by molar-refractivity contribution is 9.10. The molecule has 1 unspecified atom stereocenters. The van der Waals surface area contributed by atoms with Crippen LogP contribution >= 0.6 is 27.3 Å². The highest BCUT2D eigenvalue weighted by Crippen LogP contribution is 2.32. The van der Waals surface area contributed by atoms with Crippen LogP contribution in [0.15, 0.2) is 34.9 Å². The fraction of sp³-hybridized carbons (Fsp3) is 0.286. The molecule has 1 aliphatic rings. The van der Waals surface area contributed by atoms with Crippen molar-refractivity contribution in [1.82, 2.24) is 14.6 Å². The maximum Gasteiger partial charge on any atom is 0.212 e. The van der Waals surface area contributed by atoms with E-state index in [0.29, 0.717) is 0 Å². The van der Waals surface area contributed by atoms with Gasteiger partial charge in [0.05, 0.1) is 11.9 Å². The van der Waals surface area contributed by atoms with Crippen LogP contribution in [0.4, 0.5) is 0 Å². The van der Waals surface area contributed by atoms with Crippen LogP contribution in [0.2, 0.25) is 0 Å². The standard InChI is InChI=1S/C14H12BrN3OS/c15-10-5-3-9(4-6-10)11-8-18-14(16-11)20-13(17-18)12-2-1-7-19-12/h3-6,8,12H,1-2,7H2. The van der Waals surface area contributed by atoms with Gasteiger partial charge in [0.25, 0.3) is 0 Å². The van der Waals surface area contributed by atoms with Crippen molar-refractivity contribution in [3.63, 3.8) is 0 Å². The average molecular weight is 350 g/mol. The Morgan fingerprint density at radius 1 is 1.30 bits per heavy atom. The Morgan fingerprint density at radius 2 is 2.15 bits per heavy atom. The molecule has 1 aliphatic heterocycles. The molecule has 1 atom stereocenters. The lowest BCUT2D eigenvalue weighted by Gasteiger charge is -2.02. The van der Waals surface area contributed by atoms with Gasteiger partial charge in [0.15, 0.2) is 0 Å². The van der Waals surface area contributed by atoms with Crippen LogP contribution in [-0.4, -0.2) is 21.2 Å². The molecule has 1 saturated heterocycles. The van der Waals surface area contributed by atoms with Crippen LogP contribution < -0.4 is 0 Å². The molecule has 1 fully saturated rings. The van der Waals surface area contributed by atoms with Gasteiger partial charge in [-0.25, -0.2) is 9.50 Å². The minimum atomic E-state index is 0.165. The summed E-state index contributed by atoms with van der Waals surface area (Å²) in [5, 5.41) is 5.63. The molecule has 0 saturated carbocycles. The van der Waals surface area contributed by atoms with E-state index in [1.807, 2.05) is 22.8 Å². The minimum absolute atomic E-state index is 0.165. The summed E-state index contributed by atoms with van der Waals surface area (Å²) in [5.74, 6) is 0. The molecule has 4 nitrogen and oxygen atoms in total. The summed E-state index contributed by atoms with van der Waals surface area (Å²) in [6.07, 6.45) is 4.33. The van der Waals surface area contributed by atoms with Crippen molar-refractivity contribution in [1.29, 1.82) is 0 Å². The molecule has 0 aliphatic carbocycles. The number of fused-ring (bicyclic) bond motifs is 1. The molecular weight excluding hydrogens is 338 g/mol. The SMILES string of the molecule is Brc1ccc(-c2cn3nc(C4CCCO4)sc3n2)cc1. The molecule has 102 valence electrons. The number of benzene rings is 1. The van der Waals surface area contributed by atoms with Crippen molar-refractivity contribution in [3.05, 3.63) is 39.9 Å². The summed E-state index contributed by atoms with van der Waals surface area (Å²) in [6, 6.07) is 8.15. The van der Waals surface area contributed by atoms with E-state index in [1.165, 1.54) is 0 Å². The summed E-state index contributed by atoms with van der Waals surface area (Å²) in [5.41, 5.74) is 2.06. The van der Waals surface area contributed by atoms with Crippen LogP contribution in [0.3, 0.4) is 0 Å². The van der Waals surface area contributed by atoms with E-state index in [1.54, 1.807) is 11.3 Å². The fourth-order valence-corrected chi connectivity index (χ4v) is 3.61. The number of rotatable bonds is 2. The second-order valence-electron chi connectivity index (χ2n) is 4.80. The van der Waals surface area contributed by atoms with Crippen LogP contribution in [0, 0.1) is 0 Å². The molecule has 20 heavy (non-hydrogen) atoms. The van der Waals surface area contributed by atoms with Crippen molar-refractivity contribution in [2.24, 2.45) is 0 Å². The number of hydrogen-bond donors (Lipinski definition) is 0. The van der Waals surface area contributed by atoms with E-state index >= 15 is 0 Å². The molecule has 1 aromatic carbocycles. The Morgan fingerprint density at radius 3 is 2.85 bits per heavy atom. The van der Waals surface area contributed by atoms with Gasteiger partial charge < -0.3 is 4.74 Å². The first-order valence-corrected chi connectivity index (χ1v) is 8.14. The summed E-state index contributed by atoms with van der Waals surface area (Å²) in [4.78, 5) is 5.58. The predicted molar refractivity (Wildman–Crippen MR) is 81.9 cm³/mol. The number of hydrogen-bond acceptors (Lipinski definition) is 4. The maximum absolute atomic E-state index is 5.67. The lowest BCUT2D eigenvalue weighted by atomic mass is 10.2. The third-order valence-corrected chi connectivity index (χ3v) is 4.95. The topological polar surface area (TPSA) is 39.4 Å². The van der Waals surface area contributed by atoms with Gasteiger partial charge in [-0.05, 0) is 25.0 Å². The second-order valence-corrected chi connectivity index (χ2v) is 6.71. The van der Waals surface area contributed by atoms with Gasteiger partial charge >= 0.3 is 0 Å². The molecule has 0 spiro atoms. The summed E-state index contributed by atoms with van der Waals surface area (Å²) >= 11 is 5.06. The first kappa shape index (κ1) is 12.5. The van der Waals surface area contributed by atoms with E-state index in [4.69, 9.17) is 4.74 Å².